The topological polar surface area (TPSA) is 46.5 Å². The molecule has 0 unspecified atom stereocenters. The molecule has 19 heavy (non-hydrogen) atoms. The van der Waals surface area contributed by atoms with Crippen molar-refractivity contribution in [2.24, 2.45) is 0 Å². The molecule has 0 aliphatic carbocycles. The molecule has 0 amide bonds. The number of hydrogen-bond acceptors (Lipinski definition) is 3. The van der Waals surface area contributed by atoms with Crippen molar-refractivity contribution in [1.82, 2.24) is 19.7 Å². The molecule has 0 saturated heterocycles. The van der Waals surface area contributed by atoms with Crippen LogP contribution in [0.3, 0.4) is 0 Å². The van der Waals surface area contributed by atoms with Gasteiger partial charge in [-0.1, -0.05) is 12.1 Å². The zero-order chi connectivity index (χ0) is 13.2. The van der Waals surface area contributed by atoms with Crippen molar-refractivity contribution in [3.8, 4) is 17.1 Å². The summed E-state index contributed by atoms with van der Waals surface area (Å²) >= 11 is 5.21. The first-order valence-corrected chi connectivity index (χ1v) is 6.00. The van der Waals surface area contributed by atoms with E-state index in [1.54, 1.807) is 35.2 Å². The fraction of sp³-hybridized carbons (Fsp3) is 0. The van der Waals surface area contributed by atoms with Crippen molar-refractivity contribution in [2.75, 3.05) is 0 Å². The van der Waals surface area contributed by atoms with E-state index in [9.17, 15) is 4.39 Å². The van der Waals surface area contributed by atoms with Crippen LogP contribution in [0.25, 0.3) is 17.1 Å². The number of halogens is 1. The molecule has 4 nitrogen and oxygen atoms in total. The quantitative estimate of drug-likeness (QED) is 0.729. The van der Waals surface area contributed by atoms with Crippen molar-refractivity contribution in [2.45, 2.75) is 0 Å². The van der Waals surface area contributed by atoms with Gasteiger partial charge in [0.15, 0.2) is 10.6 Å². The molecular weight excluding hydrogens is 263 g/mol. The molecular formula is C13H9FN4S. The van der Waals surface area contributed by atoms with Crippen LogP contribution < -0.4 is 0 Å². The summed E-state index contributed by atoms with van der Waals surface area (Å²) in [6, 6.07) is 9.88. The third kappa shape index (κ3) is 2.17. The van der Waals surface area contributed by atoms with Crippen molar-refractivity contribution >= 4 is 12.2 Å². The van der Waals surface area contributed by atoms with E-state index in [0.29, 0.717) is 16.2 Å². The lowest BCUT2D eigenvalue weighted by atomic mass is 10.2. The summed E-state index contributed by atoms with van der Waals surface area (Å²) in [5, 5.41) is 6.87. The van der Waals surface area contributed by atoms with Crippen LogP contribution in [0.5, 0.6) is 0 Å². The van der Waals surface area contributed by atoms with Gasteiger partial charge in [-0.2, -0.15) is 5.10 Å². The van der Waals surface area contributed by atoms with Gasteiger partial charge in [-0.05, 0) is 36.5 Å². The van der Waals surface area contributed by atoms with Crippen LogP contribution in [-0.2, 0) is 0 Å². The van der Waals surface area contributed by atoms with E-state index < -0.39 is 0 Å². The summed E-state index contributed by atoms with van der Waals surface area (Å²) < 4.78 is 15.5. The maximum absolute atomic E-state index is 13.3. The Morgan fingerprint density at radius 2 is 2.11 bits per heavy atom. The highest BCUT2D eigenvalue weighted by atomic mass is 32.1. The molecule has 6 heteroatoms. The van der Waals surface area contributed by atoms with Crippen LogP contribution >= 0.6 is 12.2 Å². The van der Waals surface area contributed by atoms with E-state index in [0.717, 1.165) is 5.69 Å². The van der Waals surface area contributed by atoms with E-state index >= 15 is 0 Å². The molecule has 0 saturated carbocycles. The first-order chi connectivity index (χ1) is 9.25. The zero-order valence-corrected chi connectivity index (χ0v) is 10.6. The van der Waals surface area contributed by atoms with E-state index in [-0.39, 0.29) is 5.82 Å². The molecule has 1 aromatic carbocycles. The molecule has 0 spiro atoms. The highest BCUT2D eigenvalue weighted by Crippen LogP contribution is 2.21. The predicted octanol–water partition coefficient (Wildman–Crippen LogP) is 3.13. The van der Waals surface area contributed by atoms with Gasteiger partial charge in [0.2, 0.25) is 0 Å². The van der Waals surface area contributed by atoms with Crippen molar-refractivity contribution in [3.63, 3.8) is 0 Å². The summed E-state index contributed by atoms with van der Waals surface area (Å²) in [7, 11) is 0. The minimum absolute atomic E-state index is 0.316. The van der Waals surface area contributed by atoms with Crippen LogP contribution in [0.2, 0.25) is 0 Å². The van der Waals surface area contributed by atoms with Crippen molar-refractivity contribution in [1.29, 1.82) is 0 Å². The van der Waals surface area contributed by atoms with Crippen LogP contribution in [0.4, 0.5) is 4.39 Å². The number of rotatable bonds is 2. The number of benzene rings is 1. The van der Waals surface area contributed by atoms with Gasteiger partial charge in [0.1, 0.15) is 5.82 Å². The number of nitrogens with one attached hydrogen (secondary N) is 1. The molecule has 0 atom stereocenters. The lowest BCUT2D eigenvalue weighted by Gasteiger charge is -2.06. The first kappa shape index (κ1) is 11.7. The second-order valence-electron chi connectivity index (χ2n) is 3.91. The van der Waals surface area contributed by atoms with E-state index in [2.05, 4.69) is 15.2 Å². The average Bonchev–Trinajstić information content (AvgIpc) is 2.82. The summed E-state index contributed by atoms with van der Waals surface area (Å²) in [6.45, 7) is 0. The number of pyridine rings is 1. The molecule has 2 aromatic heterocycles. The Hall–Kier alpha value is -2.34. The highest BCUT2D eigenvalue weighted by Gasteiger charge is 2.11. The smallest absolute Gasteiger partial charge is 0.200 e. The Kier molecular flexibility index (Phi) is 2.92. The molecule has 3 aromatic rings. The minimum atomic E-state index is -0.316. The molecule has 0 aliphatic heterocycles. The number of aromatic amines is 1. The average molecular weight is 272 g/mol. The largest absolute Gasteiger partial charge is 0.267 e. The molecule has 0 radical (unpaired) electrons. The van der Waals surface area contributed by atoms with Gasteiger partial charge in [-0.3, -0.25) is 14.6 Å². The Balaban J connectivity index is 2.22. The lowest BCUT2D eigenvalue weighted by Crippen LogP contribution is -1.98. The standard InChI is InChI=1S/C13H9FN4S/c14-10-4-1-3-9(7-10)12-16-17-13(19)18(12)11-5-2-6-15-8-11/h1-8H,(H,17,19). The molecule has 0 bridgehead atoms. The summed E-state index contributed by atoms with van der Waals surface area (Å²) in [4.78, 5) is 4.05. The predicted molar refractivity (Wildman–Crippen MR) is 71.9 cm³/mol. The van der Waals surface area contributed by atoms with Gasteiger partial charge >= 0.3 is 0 Å². The number of H-pyrrole nitrogens is 1. The Morgan fingerprint density at radius 3 is 2.84 bits per heavy atom. The van der Waals surface area contributed by atoms with Crippen molar-refractivity contribution in [3.05, 3.63) is 59.4 Å². The number of nitrogens with zero attached hydrogens (tertiary/aromatic N) is 3. The van der Waals surface area contributed by atoms with Gasteiger partial charge in [-0.25, -0.2) is 4.39 Å². The molecule has 3 rings (SSSR count). The Bertz CT molecular complexity index is 764. The van der Waals surface area contributed by atoms with Crippen LogP contribution in [0, 0.1) is 10.6 Å². The van der Waals surface area contributed by atoms with Gasteiger partial charge in [0, 0.05) is 11.8 Å². The highest BCUT2D eigenvalue weighted by molar-refractivity contribution is 7.71. The van der Waals surface area contributed by atoms with Gasteiger partial charge in [-0.15, -0.1) is 0 Å². The normalized spacial score (nSPS) is 10.6. The number of hydrogen-bond donors (Lipinski definition) is 1. The first-order valence-electron chi connectivity index (χ1n) is 5.59. The Morgan fingerprint density at radius 1 is 1.21 bits per heavy atom. The van der Waals surface area contributed by atoms with Crippen LogP contribution in [-0.4, -0.2) is 19.7 Å². The van der Waals surface area contributed by atoms with E-state index in [1.165, 1.54) is 12.1 Å². The van der Waals surface area contributed by atoms with Gasteiger partial charge in [0.25, 0.3) is 0 Å². The minimum Gasteiger partial charge on any atom is -0.267 e. The summed E-state index contributed by atoms with van der Waals surface area (Å²) in [5.41, 5.74) is 1.43. The fourth-order valence-electron chi connectivity index (χ4n) is 1.84. The summed E-state index contributed by atoms with van der Waals surface area (Å²) in [6.07, 6.45) is 3.35. The zero-order valence-electron chi connectivity index (χ0n) is 9.75. The molecule has 1 N–H and O–H groups in total. The third-order valence-corrected chi connectivity index (χ3v) is 2.93. The molecule has 0 fully saturated rings. The van der Waals surface area contributed by atoms with E-state index in [1.807, 2.05) is 6.07 Å². The number of aromatic nitrogens is 4. The fourth-order valence-corrected chi connectivity index (χ4v) is 2.08. The van der Waals surface area contributed by atoms with E-state index in [4.69, 9.17) is 12.2 Å². The molecule has 2 heterocycles. The Labute approximate surface area is 113 Å². The van der Waals surface area contributed by atoms with Crippen molar-refractivity contribution < 1.29 is 4.39 Å². The maximum Gasteiger partial charge on any atom is 0.200 e. The second-order valence-corrected chi connectivity index (χ2v) is 4.30. The lowest BCUT2D eigenvalue weighted by molar-refractivity contribution is 0.628. The van der Waals surface area contributed by atoms with Crippen LogP contribution in [0.15, 0.2) is 48.8 Å². The summed E-state index contributed by atoms with van der Waals surface area (Å²) in [5.74, 6) is 0.238. The van der Waals surface area contributed by atoms with Gasteiger partial charge < -0.3 is 0 Å². The monoisotopic (exact) mass is 272 g/mol. The van der Waals surface area contributed by atoms with Gasteiger partial charge in [0.05, 0.1) is 11.9 Å². The third-order valence-electron chi connectivity index (χ3n) is 2.66. The molecule has 94 valence electrons. The SMILES string of the molecule is Fc1cccc(-c2n[nH]c(=S)n2-c2cccnc2)c1. The molecule has 0 aliphatic rings. The maximum atomic E-state index is 13.3. The van der Waals surface area contributed by atoms with Crippen LogP contribution in [0.1, 0.15) is 0 Å². The second kappa shape index (κ2) is 4.74.